The fraction of sp³-hybridized carbons (Fsp3) is 0.500. The van der Waals surface area contributed by atoms with Crippen LogP contribution in [0.3, 0.4) is 0 Å². The largest absolute Gasteiger partial charge is 0.504 e. The molecular formula is C22H27BrN2O3S. The van der Waals surface area contributed by atoms with Crippen molar-refractivity contribution in [1.29, 1.82) is 0 Å². The molecule has 0 spiro atoms. The van der Waals surface area contributed by atoms with Crippen LogP contribution < -0.4 is 15.4 Å². The molecule has 3 N–H and O–H groups in total. The van der Waals surface area contributed by atoms with Gasteiger partial charge in [-0.05, 0) is 48.3 Å². The highest BCUT2D eigenvalue weighted by molar-refractivity contribution is 9.10. The smallest absolute Gasteiger partial charge is 0.256 e. The predicted molar refractivity (Wildman–Crippen MR) is 120 cm³/mol. The molecule has 0 unspecified atom stereocenters. The predicted octanol–water partition coefficient (Wildman–Crippen LogP) is 5.62. The molecule has 156 valence electrons. The van der Waals surface area contributed by atoms with E-state index < -0.39 is 6.17 Å². The molecule has 0 bridgehead atoms. The van der Waals surface area contributed by atoms with E-state index in [0.29, 0.717) is 22.6 Å². The van der Waals surface area contributed by atoms with Crippen LogP contribution in [0.2, 0.25) is 0 Å². The lowest BCUT2D eigenvalue weighted by molar-refractivity contribution is 0.0934. The molecule has 2 heterocycles. The Bertz CT molecular complexity index is 969. The zero-order chi connectivity index (χ0) is 20.9. The summed E-state index contributed by atoms with van der Waals surface area (Å²) in [5.41, 5.74) is 2.87. The number of fused-ring (bicyclic) bond motifs is 3. The van der Waals surface area contributed by atoms with Crippen LogP contribution in [0.5, 0.6) is 11.5 Å². The van der Waals surface area contributed by atoms with Gasteiger partial charge in [0.25, 0.3) is 5.91 Å². The zero-order valence-corrected chi connectivity index (χ0v) is 19.6. The van der Waals surface area contributed by atoms with Gasteiger partial charge in [0.15, 0.2) is 11.5 Å². The Hall–Kier alpha value is -1.73. The highest BCUT2D eigenvalue weighted by Crippen LogP contribution is 2.48. The second-order valence-corrected chi connectivity index (χ2v) is 10.6. The van der Waals surface area contributed by atoms with E-state index in [1.807, 2.05) is 0 Å². The van der Waals surface area contributed by atoms with Crippen LogP contribution in [0.15, 0.2) is 16.6 Å². The molecular weight excluding hydrogens is 452 g/mol. The normalized spacial score (nSPS) is 21.1. The first kappa shape index (κ1) is 20.5. The topological polar surface area (TPSA) is 70.6 Å². The van der Waals surface area contributed by atoms with Crippen LogP contribution in [0, 0.1) is 11.3 Å². The Kier molecular flexibility index (Phi) is 5.32. The molecule has 7 heteroatoms. The number of thiophene rings is 1. The minimum absolute atomic E-state index is 0.0306. The van der Waals surface area contributed by atoms with Crippen LogP contribution in [-0.2, 0) is 12.8 Å². The Labute approximate surface area is 184 Å². The van der Waals surface area contributed by atoms with Crippen molar-refractivity contribution >= 4 is 38.2 Å². The van der Waals surface area contributed by atoms with E-state index in [2.05, 4.69) is 47.3 Å². The quantitative estimate of drug-likeness (QED) is 0.533. The molecule has 0 saturated heterocycles. The monoisotopic (exact) mass is 478 g/mol. The summed E-state index contributed by atoms with van der Waals surface area (Å²) in [6.07, 6.45) is 3.75. The number of hydrogen-bond acceptors (Lipinski definition) is 5. The number of benzene rings is 1. The van der Waals surface area contributed by atoms with Crippen molar-refractivity contribution in [2.75, 3.05) is 12.4 Å². The molecule has 0 saturated carbocycles. The Balaban J connectivity index is 1.67. The number of carbonyl (C=O) groups is 1. The van der Waals surface area contributed by atoms with Crippen molar-refractivity contribution in [1.82, 2.24) is 5.32 Å². The molecule has 1 aliphatic carbocycles. The summed E-state index contributed by atoms with van der Waals surface area (Å²) in [5.74, 6) is 0.958. The van der Waals surface area contributed by atoms with Crippen LogP contribution >= 0.6 is 27.3 Å². The highest BCUT2D eigenvalue weighted by atomic mass is 79.9. The molecule has 1 aromatic carbocycles. The lowest BCUT2D eigenvalue weighted by Crippen LogP contribution is -2.38. The first-order chi connectivity index (χ1) is 13.7. The van der Waals surface area contributed by atoms with E-state index >= 15 is 0 Å². The SMILES string of the molecule is CCC(C)(C)[C@H]1CCc2c(sc3c2C(=O)N[C@@H](c2cc(Br)cc(OC)c2O)N3)C1. The summed E-state index contributed by atoms with van der Waals surface area (Å²) in [6.45, 7) is 6.95. The summed E-state index contributed by atoms with van der Waals surface area (Å²) in [4.78, 5) is 14.3. The first-order valence-corrected chi connectivity index (χ1v) is 11.6. The third-order valence-electron chi connectivity index (χ3n) is 6.66. The number of nitrogens with one attached hydrogen (secondary N) is 2. The van der Waals surface area contributed by atoms with E-state index in [9.17, 15) is 9.90 Å². The van der Waals surface area contributed by atoms with Gasteiger partial charge < -0.3 is 20.5 Å². The van der Waals surface area contributed by atoms with Gasteiger partial charge in [-0.1, -0.05) is 43.1 Å². The molecule has 0 radical (unpaired) electrons. The Morgan fingerprint density at radius 2 is 2.10 bits per heavy atom. The maximum Gasteiger partial charge on any atom is 0.256 e. The van der Waals surface area contributed by atoms with E-state index in [1.165, 1.54) is 17.6 Å². The van der Waals surface area contributed by atoms with Crippen LogP contribution in [-0.4, -0.2) is 18.1 Å². The van der Waals surface area contributed by atoms with Crippen molar-refractivity contribution in [3.63, 3.8) is 0 Å². The lowest BCUT2D eigenvalue weighted by Gasteiger charge is -2.36. The fourth-order valence-electron chi connectivity index (χ4n) is 4.38. The minimum Gasteiger partial charge on any atom is -0.504 e. The number of hydrogen-bond donors (Lipinski definition) is 3. The second-order valence-electron chi connectivity index (χ2n) is 8.59. The third kappa shape index (κ3) is 3.52. The molecule has 29 heavy (non-hydrogen) atoms. The molecule has 4 rings (SSSR count). The average Bonchev–Trinajstić information content (AvgIpc) is 3.07. The highest BCUT2D eigenvalue weighted by Gasteiger charge is 2.38. The third-order valence-corrected chi connectivity index (χ3v) is 8.30. The van der Waals surface area contributed by atoms with Crippen LogP contribution in [0.1, 0.15) is 66.1 Å². The van der Waals surface area contributed by atoms with Crippen molar-refractivity contribution in [3.05, 3.63) is 38.2 Å². The van der Waals surface area contributed by atoms with Crippen molar-refractivity contribution in [2.24, 2.45) is 11.3 Å². The van der Waals surface area contributed by atoms with Crippen molar-refractivity contribution < 1.29 is 14.6 Å². The number of anilines is 1. The molecule has 2 aliphatic rings. The van der Waals surface area contributed by atoms with Gasteiger partial charge in [0.05, 0.1) is 12.7 Å². The van der Waals surface area contributed by atoms with Gasteiger partial charge in [0.2, 0.25) is 0 Å². The number of phenolic OH excluding ortho intramolecular Hbond substituents is 1. The van der Waals surface area contributed by atoms with E-state index in [4.69, 9.17) is 4.74 Å². The number of methoxy groups -OCH3 is 1. The Morgan fingerprint density at radius 1 is 1.34 bits per heavy atom. The first-order valence-electron chi connectivity index (χ1n) is 10.0. The summed E-state index contributed by atoms with van der Waals surface area (Å²) in [5, 5.41) is 17.9. The molecule has 2 atom stereocenters. The summed E-state index contributed by atoms with van der Waals surface area (Å²) in [6, 6.07) is 3.50. The maximum atomic E-state index is 13.0. The van der Waals surface area contributed by atoms with Gasteiger partial charge >= 0.3 is 0 Å². The summed E-state index contributed by atoms with van der Waals surface area (Å²) < 4.78 is 6.03. The number of amides is 1. The molecule has 2 aromatic rings. The number of ether oxygens (including phenoxy) is 1. The van der Waals surface area contributed by atoms with Crippen molar-refractivity contribution in [3.8, 4) is 11.5 Å². The van der Waals surface area contributed by atoms with E-state index in [1.54, 1.807) is 23.5 Å². The minimum atomic E-state index is -0.510. The average molecular weight is 479 g/mol. The molecule has 1 amide bonds. The number of carbonyl (C=O) groups excluding carboxylic acids is 1. The van der Waals surface area contributed by atoms with Gasteiger partial charge in [-0.3, -0.25) is 4.79 Å². The van der Waals surface area contributed by atoms with Crippen LogP contribution in [0.25, 0.3) is 0 Å². The van der Waals surface area contributed by atoms with Gasteiger partial charge in [-0.25, -0.2) is 0 Å². The number of rotatable bonds is 4. The van der Waals surface area contributed by atoms with E-state index in [0.717, 1.165) is 40.7 Å². The second kappa shape index (κ2) is 7.51. The lowest BCUT2D eigenvalue weighted by atomic mass is 9.69. The summed E-state index contributed by atoms with van der Waals surface area (Å²) >= 11 is 5.14. The molecule has 5 nitrogen and oxygen atoms in total. The van der Waals surface area contributed by atoms with Gasteiger partial charge in [0.1, 0.15) is 11.2 Å². The zero-order valence-electron chi connectivity index (χ0n) is 17.2. The molecule has 1 aromatic heterocycles. The summed E-state index contributed by atoms with van der Waals surface area (Å²) in [7, 11) is 1.51. The Morgan fingerprint density at radius 3 is 2.79 bits per heavy atom. The maximum absolute atomic E-state index is 13.0. The van der Waals surface area contributed by atoms with Crippen LogP contribution in [0.4, 0.5) is 5.00 Å². The standard InChI is InChI=1S/C22H27BrN2O3S/c1-5-22(2,3)11-6-7-13-16(8-11)29-21-17(13)20(27)24-19(25-21)14-9-12(23)10-15(28-4)18(14)26/h9-11,19,25-26H,5-8H2,1-4H3,(H,24,27)/t11-,19+/m0/s1. The number of aromatic hydroxyl groups is 1. The van der Waals surface area contributed by atoms with Crippen molar-refractivity contribution in [2.45, 2.75) is 52.6 Å². The van der Waals surface area contributed by atoms with E-state index in [-0.39, 0.29) is 11.7 Å². The fourth-order valence-corrected chi connectivity index (χ4v) is 6.19. The van der Waals surface area contributed by atoms with Gasteiger partial charge in [0, 0.05) is 14.9 Å². The van der Waals surface area contributed by atoms with Gasteiger partial charge in [-0.2, -0.15) is 0 Å². The molecule has 1 aliphatic heterocycles. The number of halogens is 1. The van der Waals surface area contributed by atoms with Gasteiger partial charge in [-0.15, -0.1) is 11.3 Å². The number of phenols is 1. The molecule has 0 fully saturated rings.